The van der Waals surface area contributed by atoms with Crippen LogP contribution in [0.2, 0.25) is 0 Å². The Kier molecular flexibility index (Phi) is 5.67. The maximum absolute atomic E-state index is 9.31. The number of aromatic hydroxyl groups is 2. The summed E-state index contributed by atoms with van der Waals surface area (Å²) in [7, 11) is 0. The van der Waals surface area contributed by atoms with Crippen molar-refractivity contribution < 1.29 is 10.2 Å². The Hall–Kier alpha value is -1.38. The van der Waals surface area contributed by atoms with Crippen LogP contribution in [0.1, 0.15) is 39.5 Å². The van der Waals surface area contributed by atoms with E-state index in [2.05, 4.69) is 19.2 Å². The van der Waals surface area contributed by atoms with Crippen molar-refractivity contribution in [1.29, 1.82) is 0 Å². The monoisotopic (exact) mass is 237 g/mol. The Labute approximate surface area is 103 Å². The van der Waals surface area contributed by atoms with Crippen molar-refractivity contribution in [2.45, 2.75) is 39.5 Å². The van der Waals surface area contributed by atoms with E-state index < -0.39 is 0 Å². The summed E-state index contributed by atoms with van der Waals surface area (Å²) in [5, 5.41) is 21.7. The molecule has 0 radical (unpaired) electrons. The first-order valence-corrected chi connectivity index (χ1v) is 6.35. The van der Waals surface area contributed by atoms with E-state index in [-0.39, 0.29) is 11.5 Å². The minimum atomic E-state index is -0.0764. The molecule has 0 spiro atoms. The topological polar surface area (TPSA) is 52.5 Å². The molecule has 0 saturated heterocycles. The van der Waals surface area contributed by atoms with Gasteiger partial charge in [0.2, 0.25) is 0 Å². The molecule has 1 aromatic rings. The number of hydrogen-bond acceptors (Lipinski definition) is 3. The summed E-state index contributed by atoms with van der Waals surface area (Å²) in [6.07, 6.45) is 4.93. The molecule has 0 aliphatic carbocycles. The summed E-state index contributed by atoms with van der Waals surface area (Å²) in [4.78, 5) is 0. The van der Waals surface area contributed by atoms with Crippen molar-refractivity contribution in [2.24, 2.45) is 5.92 Å². The average Bonchev–Trinajstić information content (AvgIpc) is 2.27. The predicted octanol–water partition coefficient (Wildman–Crippen LogP) is 3.73. The summed E-state index contributed by atoms with van der Waals surface area (Å²) in [6, 6.07) is 4.81. The molecule has 0 atom stereocenters. The lowest BCUT2D eigenvalue weighted by Gasteiger charge is -2.08. The SMILES string of the molecule is CC(C)CCCCCNc1ccc(O)c(O)c1. The molecule has 0 fully saturated rings. The number of unbranched alkanes of at least 4 members (excludes halogenated alkanes) is 2. The van der Waals surface area contributed by atoms with Crippen molar-refractivity contribution in [2.75, 3.05) is 11.9 Å². The average molecular weight is 237 g/mol. The number of benzene rings is 1. The van der Waals surface area contributed by atoms with Crippen molar-refractivity contribution in [3.8, 4) is 11.5 Å². The lowest BCUT2D eigenvalue weighted by atomic mass is 10.1. The number of phenols is 2. The number of phenolic OH excluding ortho intramolecular Hbond substituents is 2. The predicted molar refractivity (Wildman–Crippen MR) is 71.6 cm³/mol. The second-order valence-electron chi connectivity index (χ2n) is 4.87. The van der Waals surface area contributed by atoms with Gasteiger partial charge < -0.3 is 15.5 Å². The van der Waals surface area contributed by atoms with Gasteiger partial charge in [-0.1, -0.05) is 33.1 Å². The number of anilines is 1. The van der Waals surface area contributed by atoms with Crippen molar-refractivity contribution >= 4 is 5.69 Å². The van der Waals surface area contributed by atoms with Gasteiger partial charge >= 0.3 is 0 Å². The summed E-state index contributed by atoms with van der Waals surface area (Å²) in [5.41, 5.74) is 0.851. The van der Waals surface area contributed by atoms with E-state index in [4.69, 9.17) is 5.11 Å². The maximum Gasteiger partial charge on any atom is 0.159 e. The molecule has 0 unspecified atom stereocenters. The van der Waals surface area contributed by atoms with Crippen LogP contribution in [0.25, 0.3) is 0 Å². The normalized spacial score (nSPS) is 10.8. The molecule has 0 aliphatic heterocycles. The highest BCUT2D eigenvalue weighted by Gasteiger charge is 1.99. The van der Waals surface area contributed by atoms with Gasteiger partial charge in [-0.25, -0.2) is 0 Å². The molecule has 0 aliphatic rings. The molecule has 17 heavy (non-hydrogen) atoms. The Morgan fingerprint density at radius 2 is 1.82 bits per heavy atom. The zero-order valence-corrected chi connectivity index (χ0v) is 10.7. The molecular weight excluding hydrogens is 214 g/mol. The largest absolute Gasteiger partial charge is 0.504 e. The quantitative estimate of drug-likeness (QED) is 0.385. The molecule has 96 valence electrons. The van der Waals surface area contributed by atoms with Crippen molar-refractivity contribution in [3.05, 3.63) is 18.2 Å². The van der Waals surface area contributed by atoms with Crippen LogP contribution >= 0.6 is 0 Å². The molecule has 0 aromatic heterocycles. The summed E-state index contributed by atoms with van der Waals surface area (Å²) >= 11 is 0. The van der Waals surface area contributed by atoms with Gasteiger partial charge in [-0.15, -0.1) is 0 Å². The van der Waals surface area contributed by atoms with Crippen molar-refractivity contribution in [3.63, 3.8) is 0 Å². The third kappa shape index (κ3) is 5.48. The van der Waals surface area contributed by atoms with E-state index in [1.165, 1.54) is 25.3 Å². The fourth-order valence-corrected chi connectivity index (χ4v) is 1.72. The van der Waals surface area contributed by atoms with Gasteiger partial charge in [-0.2, -0.15) is 0 Å². The van der Waals surface area contributed by atoms with E-state index >= 15 is 0 Å². The van der Waals surface area contributed by atoms with E-state index in [0.29, 0.717) is 0 Å². The van der Waals surface area contributed by atoms with E-state index in [0.717, 1.165) is 24.6 Å². The van der Waals surface area contributed by atoms with Crippen LogP contribution in [-0.4, -0.2) is 16.8 Å². The second kappa shape index (κ2) is 7.05. The van der Waals surface area contributed by atoms with Gasteiger partial charge in [0.15, 0.2) is 11.5 Å². The molecule has 3 heteroatoms. The van der Waals surface area contributed by atoms with Crippen LogP contribution < -0.4 is 5.32 Å². The highest BCUT2D eigenvalue weighted by molar-refractivity contribution is 5.53. The third-order valence-electron chi connectivity index (χ3n) is 2.76. The highest BCUT2D eigenvalue weighted by Crippen LogP contribution is 2.27. The molecule has 3 nitrogen and oxygen atoms in total. The van der Waals surface area contributed by atoms with Crippen LogP contribution in [0.15, 0.2) is 18.2 Å². The molecule has 1 aromatic carbocycles. The zero-order valence-electron chi connectivity index (χ0n) is 10.7. The standard InChI is InChI=1S/C14H23NO2/c1-11(2)6-4-3-5-9-15-12-7-8-13(16)14(17)10-12/h7-8,10-11,15-17H,3-6,9H2,1-2H3. The summed E-state index contributed by atoms with van der Waals surface area (Å²) in [6.45, 7) is 5.40. The van der Waals surface area contributed by atoms with Crippen LogP contribution in [0.4, 0.5) is 5.69 Å². The van der Waals surface area contributed by atoms with Crippen LogP contribution in [-0.2, 0) is 0 Å². The lowest BCUT2D eigenvalue weighted by Crippen LogP contribution is -2.01. The van der Waals surface area contributed by atoms with Gasteiger partial charge in [0.1, 0.15) is 0 Å². The van der Waals surface area contributed by atoms with Crippen LogP contribution in [0, 0.1) is 5.92 Å². The minimum absolute atomic E-state index is 0.0743. The van der Waals surface area contributed by atoms with Gasteiger partial charge in [0, 0.05) is 18.3 Å². The number of hydrogen-bond donors (Lipinski definition) is 3. The zero-order chi connectivity index (χ0) is 12.7. The van der Waals surface area contributed by atoms with Crippen molar-refractivity contribution in [1.82, 2.24) is 0 Å². The molecule has 1 rings (SSSR count). The van der Waals surface area contributed by atoms with Gasteiger partial charge in [0.25, 0.3) is 0 Å². The fourth-order valence-electron chi connectivity index (χ4n) is 1.72. The first-order chi connectivity index (χ1) is 8.09. The summed E-state index contributed by atoms with van der Waals surface area (Å²) < 4.78 is 0. The number of rotatable bonds is 7. The Morgan fingerprint density at radius 1 is 1.06 bits per heavy atom. The van der Waals surface area contributed by atoms with Crippen LogP contribution in [0.3, 0.4) is 0 Å². The van der Waals surface area contributed by atoms with Crippen LogP contribution in [0.5, 0.6) is 11.5 Å². The Morgan fingerprint density at radius 3 is 2.47 bits per heavy atom. The first-order valence-electron chi connectivity index (χ1n) is 6.35. The van der Waals surface area contributed by atoms with E-state index in [9.17, 15) is 5.11 Å². The lowest BCUT2D eigenvalue weighted by molar-refractivity contribution is 0.404. The first kappa shape index (κ1) is 13.7. The summed E-state index contributed by atoms with van der Waals surface area (Å²) in [5.74, 6) is 0.638. The van der Waals surface area contributed by atoms with Gasteiger partial charge in [0.05, 0.1) is 0 Å². The van der Waals surface area contributed by atoms with E-state index in [1.807, 2.05) is 0 Å². The smallest absolute Gasteiger partial charge is 0.159 e. The maximum atomic E-state index is 9.31. The molecular formula is C14H23NO2. The third-order valence-corrected chi connectivity index (χ3v) is 2.76. The fraction of sp³-hybridized carbons (Fsp3) is 0.571. The molecule has 3 N–H and O–H groups in total. The molecule has 0 bridgehead atoms. The van der Waals surface area contributed by atoms with Gasteiger partial charge in [-0.3, -0.25) is 0 Å². The Balaban J connectivity index is 2.16. The van der Waals surface area contributed by atoms with E-state index in [1.54, 1.807) is 12.1 Å². The molecule has 0 heterocycles. The highest BCUT2D eigenvalue weighted by atomic mass is 16.3. The molecule has 0 saturated carbocycles. The molecule has 0 amide bonds. The van der Waals surface area contributed by atoms with Gasteiger partial charge in [-0.05, 0) is 24.5 Å². The Bertz CT molecular complexity index is 337. The second-order valence-corrected chi connectivity index (χ2v) is 4.87. The number of nitrogens with one attached hydrogen (secondary N) is 1. The minimum Gasteiger partial charge on any atom is -0.504 e.